The first-order valence-corrected chi connectivity index (χ1v) is 6.56. The number of rotatable bonds is 6. The Hall–Kier alpha value is -0.930. The largest absolute Gasteiger partial charge is 0.396 e. The Morgan fingerprint density at radius 3 is 2.76 bits per heavy atom. The summed E-state index contributed by atoms with van der Waals surface area (Å²) in [5.74, 6) is 0. The standard InChI is InChI=1S/C14H22N2O/c17-12-14(7-2-3-8-14)11-15-10-6-13-5-1-4-9-16-13/h1,4-5,9,15,17H,2-3,6-8,10-12H2. The summed E-state index contributed by atoms with van der Waals surface area (Å²) in [6.07, 6.45) is 7.66. The van der Waals surface area contributed by atoms with E-state index in [9.17, 15) is 5.11 Å². The Bertz CT molecular complexity index is 320. The fraction of sp³-hybridized carbons (Fsp3) is 0.643. The van der Waals surface area contributed by atoms with Crippen molar-refractivity contribution in [1.29, 1.82) is 0 Å². The van der Waals surface area contributed by atoms with Gasteiger partial charge in [-0.3, -0.25) is 4.98 Å². The molecule has 0 atom stereocenters. The maximum absolute atomic E-state index is 9.48. The molecule has 0 amide bonds. The summed E-state index contributed by atoms with van der Waals surface area (Å²) in [5.41, 5.74) is 1.29. The minimum atomic E-state index is 0.157. The monoisotopic (exact) mass is 234 g/mol. The normalized spacial score (nSPS) is 18.4. The van der Waals surface area contributed by atoms with Crippen LogP contribution >= 0.6 is 0 Å². The second kappa shape index (κ2) is 6.12. The molecule has 3 nitrogen and oxygen atoms in total. The van der Waals surface area contributed by atoms with Gasteiger partial charge >= 0.3 is 0 Å². The van der Waals surface area contributed by atoms with Crippen LogP contribution in [0.4, 0.5) is 0 Å². The molecule has 1 aromatic rings. The van der Waals surface area contributed by atoms with Crippen molar-refractivity contribution in [3.05, 3.63) is 30.1 Å². The topological polar surface area (TPSA) is 45.1 Å². The van der Waals surface area contributed by atoms with Crippen molar-refractivity contribution in [3.63, 3.8) is 0 Å². The summed E-state index contributed by atoms with van der Waals surface area (Å²) < 4.78 is 0. The molecular formula is C14H22N2O. The molecule has 0 radical (unpaired) electrons. The maximum Gasteiger partial charge on any atom is 0.0499 e. The van der Waals surface area contributed by atoms with Gasteiger partial charge in [0.1, 0.15) is 0 Å². The Balaban J connectivity index is 1.69. The number of pyridine rings is 1. The second-order valence-corrected chi connectivity index (χ2v) is 5.11. The highest BCUT2D eigenvalue weighted by Gasteiger charge is 2.32. The minimum absolute atomic E-state index is 0.157. The molecule has 2 rings (SSSR count). The van der Waals surface area contributed by atoms with Crippen molar-refractivity contribution in [2.24, 2.45) is 5.41 Å². The highest BCUT2D eigenvalue weighted by molar-refractivity contribution is 5.03. The molecule has 17 heavy (non-hydrogen) atoms. The average Bonchev–Trinajstić information content (AvgIpc) is 2.85. The van der Waals surface area contributed by atoms with Crippen LogP contribution in [-0.4, -0.2) is 29.8 Å². The lowest BCUT2D eigenvalue weighted by Crippen LogP contribution is -2.36. The summed E-state index contributed by atoms with van der Waals surface area (Å²) in [4.78, 5) is 4.30. The highest BCUT2D eigenvalue weighted by atomic mass is 16.3. The predicted octanol–water partition coefficient (Wildman–Crippen LogP) is 1.77. The number of nitrogens with zero attached hydrogens (tertiary/aromatic N) is 1. The van der Waals surface area contributed by atoms with E-state index in [1.165, 1.54) is 25.7 Å². The summed E-state index contributed by atoms with van der Waals surface area (Å²) in [6, 6.07) is 6.02. The van der Waals surface area contributed by atoms with Gasteiger partial charge in [-0.15, -0.1) is 0 Å². The number of nitrogens with one attached hydrogen (secondary N) is 1. The summed E-state index contributed by atoms with van der Waals surface area (Å²) >= 11 is 0. The molecule has 1 aliphatic carbocycles. The first-order chi connectivity index (χ1) is 8.35. The molecular weight excluding hydrogens is 212 g/mol. The van der Waals surface area contributed by atoms with Gasteiger partial charge < -0.3 is 10.4 Å². The molecule has 94 valence electrons. The van der Waals surface area contributed by atoms with Crippen LogP contribution in [0, 0.1) is 5.41 Å². The molecule has 1 heterocycles. The molecule has 0 saturated heterocycles. The lowest BCUT2D eigenvalue weighted by atomic mass is 9.87. The fourth-order valence-corrected chi connectivity index (χ4v) is 2.63. The van der Waals surface area contributed by atoms with E-state index in [4.69, 9.17) is 0 Å². The molecule has 0 aliphatic heterocycles. The van der Waals surface area contributed by atoms with Gasteiger partial charge in [0.25, 0.3) is 0 Å². The van der Waals surface area contributed by atoms with Crippen LogP contribution in [-0.2, 0) is 6.42 Å². The zero-order valence-corrected chi connectivity index (χ0v) is 10.4. The van der Waals surface area contributed by atoms with Gasteiger partial charge in [0.2, 0.25) is 0 Å². The van der Waals surface area contributed by atoms with E-state index in [2.05, 4.69) is 16.4 Å². The van der Waals surface area contributed by atoms with E-state index in [1.54, 1.807) is 0 Å². The second-order valence-electron chi connectivity index (χ2n) is 5.11. The van der Waals surface area contributed by atoms with E-state index in [0.29, 0.717) is 6.61 Å². The molecule has 2 N–H and O–H groups in total. The molecule has 1 fully saturated rings. The number of aliphatic hydroxyl groups is 1. The van der Waals surface area contributed by atoms with Gasteiger partial charge in [-0.25, -0.2) is 0 Å². The van der Waals surface area contributed by atoms with E-state index < -0.39 is 0 Å². The van der Waals surface area contributed by atoms with Crippen LogP contribution in [0.3, 0.4) is 0 Å². The third-order valence-corrected chi connectivity index (χ3v) is 3.78. The Morgan fingerprint density at radius 2 is 2.12 bits per heavy atom. The summed E-state index contributed by atoms with van der Waals surface area (Å²) in [6.45, 7) is 2.21. The van der Waals surface area contributed by atoms with Crippen LogP contribution < -0.4 is 5.32 Å². The van der Waals surface area contributed by atoms with E-state index in [1.807, 2.05) is 18.3 Å². The van der Waals surface area contributed by atoms with E-state index in [0.717, 1.165) is 25.2 Å². The molecule has 0 unspecified atom stereocenters. The zero-order valence-electron chi connectivity index (χ0n) is 10.4. The molecule has 1 aliphatic rings. The van der Waals surface area contributed by atoms with Crippen molar-refractivity contribution >= 4 is 0 Å². The van der Waals surface area contributed by atoms with Gasteiger partial charge in [-0.2, -0.15) is 0 Å². The van der Waals surface area contributed by atoms with E-state index >= 15 is 0 Å². The van der Waals surface area contributed by atoms with Crippen LogP contribution in [0.5, 0.6) is 0 Å². The average molecular weight is 234 g/mol. The van der Waals surface area contributed by atoms with Crippen molar-refractivity contribution in [1.82, 2.24) is 10.3 Å². The smallest absolute Gasteiger partial charge is 0.0499 e. The van der Waals surface area contributed by atoms with Crippen molar-refractivity contribution in [3.8, 4) is 0 Å². The number of hydrogen-bond acceptors (Lipinski definition) is 3. The number of aromatic nitrogens is 1. The van der Waals surface area contributed by atoms with Crippen molar-refractivity contribution in [2.75, 3.05) is 19.7 Å². The molecule has 3 heteroatoms. The SMILES string of the molecule is OCC1(CNCCc2ccccn2)CCCC1. The van der Waals surface area contributed by atoms with Crippen LogP contribution in [0.15, 0.2) is 24.4 Å². The molecule has 1 saturated carbocycles. The molecule has 1 aromatic heterocycles. The van der Waals surface area contributed by atoms with Gasteiger partial charge in [0, 0.05) is 43.4 Å². The lowest BCUT2D eigenvalue weighted by molar-refractivity contribution is 0.128. The summed E-state index contributed by atoms with van der Waals surface area (Å²) in [5, 5.41) is 12.9. The van der Waals surface area contributed by atoms with Gasteiger partial charge in [0.15, 0.2) is 0 Å². The lowest BCUT2D eigenvalue weighted by Gasteiger charge is -2.26. The quantitative estimate of drug-likeness (QED) is 0.737. The number of hydrogen-bond donors (Lipinski definition) is 2. The Labute approximate surface area is 103 Å². The van der Waals surface area contributed by atoms with Gasteiger partial charge in [-0.1, -0.05) is 18.9 Å². The maximum atomic E-state index is 9.48. The fourth-order valence-electron chi connectivity index (χ4n) is 2.63. The van der Waals surface area contributed by atoms with Gasteiger partial charge in [0.05, 0.1) is 0 Å². The first-order valence-electron chi connectivity index (χ1n) is 6.56. The predicted molar refractivity (Wildman–Crippen MR) is 68.8 cm³/mol. The van der Waals surface area contributed by atoms with Gasteiger partial charge in [-0.05, 0) is 25.0 Å². The highest BCUT2D eigenvalue weighted by Crippen LogP contribution is 2.36. The van der Waals surface area contributed by atoms with E-state index in [-0.39, 0.29) is 5.41 Å². The van der Waals surface area contributed by atoms with Crippen molar-refractivity contribution < 1.29 is 5.11 Å². The molecule has 0 spiro atoms. The van der Waals surface area contributed by atoms with Crippen LogP contribution in [0.2, 0.25) is 0 Å². The molecule has 0 bridgehead atoms. The first kappa shape index (κ1) is 12.5. The summed E-state index contributed by atoms with van der Waals surface area (Å²) in [7, 11) is 0. The zero-order chi connectivity index (χ0) is 12.0. The minimum Gasteiger partial charge on any atom is -0.396 e. The van der Waals surface area contributed by atoms with Crippen LogP contribution in [0.1, 0.15) is 31.4 Å². The number of aliphatic hydroxyl groups excluding tert-OH is 1. The third-order valence-electron chi connectivity index (χ3n) is 3.78. The Morgan fingerprint density at radius 1 is 1.29 bits per heavy atom. The Kier molecular flexibility index (Phi) is 4.51. The van der Waals surface area contributed by atoms with Crippen LogP contribution in [0.25, 0.3) is 0 Å². The third kappa shape index (κ3) is 3.51. The van der Waals surface area contributed by atoms with Crippen molar-refractivity contribution in [2.45, 2.75) is 32.1 Å². The molecule has 0 aromatic carbocycles.